The van der Waals surface area contributed by atoms with E-state index >= 15 is 0 Å². The van der Waals surface area contributed by atoms with Gasteiger partial charge in [0.05, 0.1) is 5.56 Å². The quantitative estimate of drug-likeness (QED) is 0.248. The molecule has 4 nitrogen and oxygen atoms in total. The van der Waals surface area contributed by atoms with Gasteiger partial charge in [-0.05, 0) is 86.9 Å². The third-order valence-corrected chi connectivity index (χ3v) is 8.14. The molecule has 0 bridgehead atoms. The highest BCUT2D eigenvalue weighted by molar-refractivity contribution is 5.91. The van der Waals surface area contributed by atoms with E-state index in [2.05, 4.69) is 88.4 Å². The highest BCUT2D eigenvalue weighted by Gasteiger charge is 2.37. The lowest BCUT2D eigenvalue weighted by Gasteiger charge is -2.42. The summed E-state index contributed by atoms with van der Waals surface area (Å²) in [5, 5.41) is 9.54. The van der Waals surface area contributed by atoms with E-state index in [1.54, 1.807) is 19.2 Å². The van der Waals surface area contributed by atoms with E-state index in [0.717, 1.165) is 34.2 Å². The average molecular weight is 521 g/mol. The number of hydrogen-bond acceptors (Lipinski definition) is 3. The average Bonchev–Trinajstić information content (AvgIpc) is 2.94. The van der Waals surface area contributed by atoms with Crippen LogP contribution in [-0.2, 0) is 15.6 Å². The molecule has 0 amide bonds. The highest BCUT2D eigenvalue weighted by Crippen LogP contribution is 2.48. The van der Waals surface area contributed by atoms with Crippen molar-refractivity contribution >= 4 is 5.97 Å². The van der Waals surface area contributed by atoms with Gasteiger partial charge in [0.1, 0.15) is 5.75 Å². The minimum Gasteiger partial charge on any atom is -0.478 e. The number of ether oxygens (including phenoxy) is 2. The fraction of sp³-hybridized carbons (Fsp3) is 0.286. The Morgan fingerprint density at radius 1 is 0.718 bits per heavy atom. The molecule has 0 atom stereocenters. The monoisotopic (exact) mass is 520 g/mol. The van der Waals surface area contributed by atoms with Crippen LogP contribution in [-0.4, -0.2) is 25.0 Å². The van der Waals surface area contributed by atoms with Crippen molar-refractivity contribution < 1.29 is 19.4 Å². The Kier molecular flexibility index (Phi) is 7.09. The number of aromatic carboxylic acids is 1. The fourth-order valence-electron chi connectivity index (χ4n) is 5.71. The summed E-state index contributed by atoms with van der Waals surface area (Å²) < 4.78 is 11.0. The van der Waals surface area contributed by atoms with Gasteiger partial charge in [0.25, 0.3) is 0 Å². The van der Waals surface area contributed by atoms with Gasteiger partial charge < -0.3 is 14.6 Å². The van der Waals surface area contributed by atoms with Gasteiger partial charge in [-0.2, -0.15) is 0 Å². The van der Waals surface area contributed by atoms with Crippen LogP contribution in [0.5, 0.6) is 5.75 Å². The minimum atomic E-state index is -0.997. The summed E-state index contributed by atoms with van der Waals surface area (Å²) in [6, 6.07) is 28.8. The Morgan fingerprint density at radius 3 is 2.05 bits per heavy atom. The van der Waals surface area contributed by atoms with Gasteiger partial charge in [-0.15, -0.1) is 0 Å². The lowest BCUT2D eigenvalue weighted by atomic mass is 9.63. The molecule has 4 heteroatoms. The molecule has 0 radical (unpaired) electrons. The molecule has 1 aliphatic carbocycles. The minimum absolute atomic E-state index is 0.0285. The maximum Gasteiger partial charge on any atom is 0.335 e. The summed E-state index contributed by atoms with van der Waals surface area (Å²) in [6.45, 7) is 9.42. The summed E-state index contributed by atoms with van der Waals surface area (Å²) in [4.78, 5) is 11.6. The van der Waals surface area contributed by atoms with Crippen molar-refractivity contribution in [3.05, 3.63) is 102 Å². The van der Waals surface area contributed by atoms with Gasteiger partial charge in [-0.3, -0.25) is 0 Å². The van der Waals surface area contributed by atoms with E-state index in [4.69, 9.17) is 9.47 Å². The maximum absolute atomic E-state index is 11.6. The first-order valence-electron chi connectivity index (χ1n) is 13.4. The summed E-state index contributed by atoms with van der Waals surface area (Å²) in [7, 11) is 1.55. The van der Waals surface area contributed by atoms with Crippen LogP contribution in [0.4, 0.5) is 0 Å². The number of methoxy groups -OCH3 is 1. The molecule has 0 heterocycles. The molecule has 0 fully saturated rings. The van der Waals surface area contributed by atoms with Crippen LogP contribution >= 0.6 is 0 Å². The summed E-state index contributed by atoms with van der Waals surface area (Å²) in [6.07, 6.45) is 2.33. The fourth-order valence-corrected chi connectivity index (χ4v) is 5.71. The first-order valence-corrected chi connectivity index (χ1v) is 13.4. The molecule has 1 N–H and O–H groups in total. The molecule has 0 aromatic heterocycles. The van der Waals surface area contributed by atoms with E-state index in [1.165, 1.54) is 23.1 Å². The van der Waals surface area contributed by atoms with Crippen LogP contribution < -0.4 is 4.74 Å². The molecule has 4 aromatic carbocycles. The van der Waals surface area contributed by atoms with E-state index in [9.17, 15) is 9.90 Å². The standard InChI is InChI=1S/C35H36O4/c1-34(2)17-18-35(3,4)31-20-25(13-16-30(31)34)29-19-24(11-14-27(29)23-9-7-6-8-10-23)28-15-12-26(33(36)37)21-32(28)39-22-38-5/h6-16,19-21H,17-18,22H2,1-5H3,(H,36,37). The largest absolute Gasteiger partial charge is 0.478 e. The summed E-state index contributed by atoms with van der Waals surface area (Å²) in [5.41, 5.74) is 9.61. The Balaban J connectivity index is 1.72. The van der Waals surface area contributed by atoms with Crippen molar-refractivity contribution in [2.45, 2.75) is 51.4 Å². The second kappa shape index (κ2) is 10.3. The van der Waals surface area contributed by atoms with Crippen molar-refractivity contribution in [3.8, 4) is 39.1 Å². The van der Waals surface area contributed by atoms with Crippen LogP contribution in [0.2, 0.25) is 0 Å². The van der Waals surface area contributed by atoms with Gasteiger partial charge in [0.15, 0.2) is 6.79 Å². The van der Waals surface area contributed by atoms with Crippen molar-refractivity contribution in [2.24, 2.45) is 0 Å². The maximum atomic E-state index is 11.6. The van der Waals surface area contributed by atoms with Crippen LogP contribution in [0.15, 0.2) is 84.9 Å². The number of carboxylic acids is 1. The SMILES string of the molecule is COCOc1cc(C(=O)O)ccc1-c1ccc(-c2ccccc2)c(-c2ccc3c(c2)C(C)(C)CCC3(C)C)c1. The molecule has 5 rings (SSSR count). The van der Waals surface area contributed by atoms with Gasteiger partial charge in [0, 0.05) is 12.7 Å². The number of benzene rings is 4. The molecular weight excluding hydrogens is 484 g/mol. The predicted octanol–water partition coefficient (Wildman–Crippen LogP) is 8.72. The van der Waals surface area contributed by atoms with Crippen molar-refractivity contribution in [2.75, 3.05) is 13.9 Å². The molecule has 4 aromatic rings. The van der Waals surface area contributed by atoms with Crippen molar-refractivity contribution in [1.82, 2.24) is 0 Å². The van der Waals surface area contributed by atoms with Gasteiger partial charge in [-0.25, -0.2) is 4.79 Å². The lowest BCUT2D eigenvalue weighted by molar-refractivity contribution is 0.0511. The smallest absolute Gasteiger partial charge is 0.335 e. The zero-order valence-electron chi connectivity index (χ0n) is 23.4. The first-order chi connectivity index (χ1) is 18.6. The molecule has 0 unspecified atom stereocenters. The van der Waals surface area contributed by atoms with Crippen LogP contribution in [0, 0.1) is 0 Å². The molecule has 0 aliphatic heterocycles. The Morgan fingerprint density at radius 2 is 1.36 bits per heavy atom. The number of rotatable bonds is 7. The van der Waals surface area contributed by atoms with Gasteiger partial charge in [-0.1, -0.05) is 88.4 Å². The number of fused-ring (bicyclic) bond motifs is 1. The second-order valence-corrected chi connectivity index (χ2v) is 11.7. The molecule has 1 aliphatic rings. The zero-order valence-corrected chi connectivity index (χ0v) is 23.4. The topological polar surface area (TPSA) is 55.8 Å². The number of carboxylic acid groups (broad SMARTS) is 1. The molecule has 0 spiro atoms. The van der Waals surface area contributed by atoms with E-state index in [-0.39, 0.29) is 23.2 Å². The first kappa shape index (κ1) is 26.7. The third kappa shape index (κ3) is 5.22. The van der Waals surface area contributed by atoms with Crippen LogP contribution in [0.3, 0.4) is 0 Å². The predicted molar refractivity (Wildman–Crippen MR) is 157 cm³/mol. The third-order valence-electron chi connectivity index (χ3n) is 8.14. The normalized spacial score (nSPS) is 15.4. The summed E-state index contributed by atoms with van der Waals surface area (Å²) in [5.74, 6) is -0.521. The molecule has 0 saturated carbocycles. The number of carbonyl (C=O) groups is 1. The second-order valence-electron chi connectivity index (χ2n) is 11.7. The highest BCUT2D eigenvalue weighted by atomic mass is 16.7. The van der Waals surface area contributed by atoms with E-state index < -0.39 is 5.97 Å². The lowest BCUT2D eigenvalue weighted by Crippen LogP contribution is -2.33. The van der Waals surface area contributed by atoms with Crippen LogP contribution in [0.1, 0.15) is 62.0 Å². The van der Waals surface area contributed by atoms with Crippen LogP contribution in [0.25, 0.3) is 33.4 Å². The molecule has 200 valence electrons. The van der Waals surface area contributed by atoms with E-state index in [0.29, 0.717) is 5.75 Å². The molecule has 39 heavy (non-hydrogen) atoms. The summed E-state index contributed by atoms with van der Waals surface area (Å²) >= 11 is 0. The van der Waals surface area contributed by atoms with Crippen molar-refractivity contribution in [3.63, 3.8) is 0 Å². The number of hydrogen-bond donors (Lipinski definition) is 1. The Hall–Kier alpha value is -3.89. The molecule has 0 saturated heterocycles. The van der Waals surface area contributed by atoms with Gasteiger partial charge >= 0.3 is 5.97 Å². The Bertz CT molecular complexity index is 1520. The van der Waals surface area contributed by atoms with Crippen molar-refractivity contribution in [1.29, 1.82) is 0 Å². The zero-order chi connectivity index (χ0) is 27.8. The van der Waals surface area contributed by atoms with Gasteiger partial charge in [0.2, 0.25) is 0 Å². The molecular formula is C35H36O4. The van der Waals surface area contributed by atoms with E-state index in [1.807, 2.05) is 12.1 Å². The Labute approximate surface area is 231 Å².